The molecular formula is C25H25N3O2. The van der Waals surface area contributed by atoms with E-state index in [0.29, 0.717) is 5.75 Å². The monoisotopic (exact) mass is 399 g/mol. The van der Waals surface area contributed by atoms with Crippen LogP contribution in [0.5, 0.6) is 5.75 Å². The molecule has 1 aliphatic heterocycles. The van der Waals surface area contributed by atoms with E-state index in [1.54, 1.807) is 0 Å². The highest BCUT2D eigenvalue weighted by Gasteiger charge is 2.14. The summed E-state index contributed by atoms with van der Waals surface area (Å²) in [5.41, 5.74) is 7.34. The summed E-state index contributed by atoms with van der Waals surface area (Å²) >= 11 is 0. The van der Waals surface area contributed by atoms with Gasteiger partial charge in [0, 0.05) is 54.1 Å². The minimum absolute atomic E-state index is 0.326. The van der Waals surface area contributed by atoms with E-state index in [-0.39, 0.29) is 0 Å². The van der Waals surface area contributed by atoms with Gasteiger partial charge < -0.3 is 14.8 Å². The van der Waals surface area contributed by atoms with Gasteiger partial charge in [-0.25, -0.2) is 4.98 Å². The van der Waals surface area contributed by atoms with Crippen molar-refractivity contribution in [2.45, 2.75) is 13.5 Å². The van der Waals surface area contributed by atoms with Crippen LogP contribution in [0.1, 0.15) is 11.1 Å². The predicted octanol–water partition coefficient (Wildman–Crippen LogP) is 4.74. The molecule has 0 amide bonds. The number of ether oxygens (including phenoxy) is 1. The van der Waals surface area contributed by atoms with Crippen molar-refractivity contribution < 1.29 is 9.84 Å². The summed E-state index contributed by atoms with van der Waals surface area (Å²) in [5.74, 6) is 0.326. The quantitative estimate of drug-likeness (QED) is 0.520. The molecule has 5 heteroatoms. The Hall–Kier alpha value is -3.15. The molecule has 3 heterocycles. The fourth-order valence-corrected chi connectivity index (χ4v) is 4.14. The van der Waals surface area contributed by atoms with E-state index < -0.39 is 0 Å². The summed E-state index contributed by atoms with van der Waals surface area (Å²) in [6.45, 7) is 6.17. The van der Waals surface area contributed by atoms with Gasteiger partial charge in [-0.15, -0.1) is 0 Å². The molecule has 0 spiro atoms. The van der Waals surface area contributed by atoms with Gasteiger partial charge in [0.15, 0.2) is 0 Å². The number of aromatic hydroxyl groups is 1. The minimum atomic E-state index is 0.326. The number of nitrogens with zero attached hydrogens (tertiary/aromatic N) is 2. The Bertz CT molecular complexity index is 1190. The number of phenols is 1. The number of aryl methyl sites for hydroxylation is 1. The number of phenolic OH excluding ortho intramolecular Hbond substituents is 1. The maximum absolute atomic E-state index is 10.6. The second kappa shape index (κ2) is 7.94. The second-order valence-electron chi connectivity index (χ2n) is 7.87. The Morgan fingerprint density at radius 3 is 2.67 bits per heavy atom. The molecule has 30 heavy (non-hydrogen) atoms. The number of pyridine rings is 1. The number of H-pyrrole nitrogens is 1. The van der Waals surface area contributed by atoms with Crippen molar-refractivity contribution in [1.29, 1.82) is 0 Å². The van der Waals surface area contributed by atoms with E-state index in [1.165, 1.54) is 11.1 Å². The molecule has 2 N–H and O–H groups in total. The number of benzene rings is 2. The summed E-state index contributed by atoms with van der Waals surface area (Å²) in [5, 5.41) is 11.7. The molecule has 0 bridgehead atoms. The number of hydrogen-bond donors (Lipinski definition) is 2. The van der Waals surface area contributed by atoms with Crippen LogP contribution in [0, 0.1) is 6.92 Å². The van der Waals surface area contributed by atoms with Crippen molar-refractivity contribution in [2.24, 2.45) is 0 Å². The molecule has 5 rings (SSSR count). The van der Waals surface area contributed by atoms with Gasteiger partial charge in [-0.3, -0.25) is 4.90 Å². The first kappa shape index (κ1) is 18.9. The van der Waals surface area contributed by atoms with Crippen LogP contribution in [-0.4, -0.2) is 46.3 Å². The third-order valence-electron chi connectivity index (χ3n) is 5.88. The number of hydrogen-bond acceptors (Lipinski definition) is 4. The van der Waals surface area contributed by atoms with E-state index in [0.717, 1.165) is 66.1 Å². The lowest BCUT2D eigenvalue weighted by Gasteiger charge is -2.26. The first-order chi connectivity index (χ1) is 14.7. The topological polar surface area (TPSA) is 61.4 Å². The number of aromatic nitrogens is 2. The van der Waals surface area contributed by atoms with Gasteiger partial charge in [0.05, 0.1) is 13.2 Å². The van der Waals surface area contributed by atoms with Crippen molar-refractivity contribution in [1.82, 2.24) is 14.9 Å². The average molecular weight is 399 g/mol. The third-order valence-corrected chi connectivity index (χ3v) is 5.88. The fraction of sp³-hybridized carbons (Fsp3) is 0.240. The zero-order chi connectivity index (χ0) is 20.5. The van der Waals surface area contributed by atoms with Crippen molar-refractivity contribution in [3.8, 4) is 28.0 Å². The summed E-state index contributed by atoms with van der Waals surface area (Å²) in [4.78, 5) is 10.2. The molecule has 1 fully saturated rings. The first-order valence-electron chi connectivity index (χ1n) is 10.3. The highest BCUT2D eigenvalue weighted by molar-refractivity contribution is 5.96. The Morgan fingerprint density at radius 1 is 1.03 bits per heavy atom. The highest BCUT2D eigenvalue weighted by Crippen LogP contribution is 2.34. The Kier molecular flexibility index (Phi) is 4.99. The van der Waals surface area contributed by atoms with E-state index in [1.807, 2.05) is 24.5 Å². The van der Waals surface area contributed by atoms with Gasteiger partial charge in [0.25, 0.3) is 0 Å². The maximum atomic E-state index is 10.6. The number of fused-ring (bicyclic) bond motifs is 1. The Labute approximate surface area is 176 Å². The molecule has 0 aliphatic carbocycles. The van der Waals surface area contributed by atoms with Gasteiger partial charge in [-0.05, 0) is 35.7 Å². The first-order valence-corrected chi connectivity index (χ1v) is 10.3. The molecule has 5 nitrogen and oxygen atoms in total. The van der Waals surface area contributed by atoms with Crippen LogP contribution in [-0.2, 0) is 11.3 Å². The smallest absolute Gasteiger partial charge is 0.137 e. The molecule has 2 aromatic heterocycles. The van der Waals surface area contributed by atoms with Crippen LogP contribution < -0.4 is 0 Å². The molecule has 4 aromatic rings. The third kappa shape index (κ3) is 3.58. The molecule has 0 atom stereocenters. The van der Waals surface area contributed by atoms with E-state index in [4.69, 9.17) is 4.74 Å². The highest BCUT2D eigenvalue weighted by atomic mass is 16.5. The van der Waals surface area contributed by atoms with Crippen LogP contribution in [0.4, 0.5) is 0 Å². The lowest BCUT2D eigenvalue weighted by atomic mass is 9.98. The van der Waals surface area contributed by atoms with Crippen molar-refractivity contribution in [3.05, 3.63) is 72.1 Å². The molecule has 152 valence electrons. The lowest BCUT2D eigenvalue weighted by Crippen LogP contribution is -2.35. The lowest BCUT2D eigenvalue weighted by molar-refractivity contribution is 0.0339. The van der Waals surface area contributed by atoms with Crippen LogP contribution >= 0.6 is 0 Å². The van der Waals surface area contributed by atoms with E-state index in [2.05, 4.69) is 58.2 Å². The van der Waals surface area contributed by atoms with Gasteiger partial charge in [0.2, 0.25) is 0 Å². The molecule has 0 radical (unpaired) electrons. The van der Waals surface area contributed by atoms with Crippen LogP contribution in [0.15, 0.2) is 60.9 Å². The van der Waals surface area contributed by atoms with Crippen LogP contribution in [0.25, 0.3) is 33.3 Å². The molecule has 0 unspecified atom stereocenters. The van der Waals surface area contributed by atoms with Gasteiger partial charge in [0.1, 0.15) is 11.4 Å². The predicted molar refractivity (Wildman–Crippen MR) is 119 cm³/mol. The zero-order valence-electron chi connectivity index (χ0n) is 17.1. The number of rotatable bonds is 4. The fourth-order valence-electron chi connectivity index (χ4n) is 4.14. The van der Waals surface area contributed by atoms with E-state index >= 15 is 0 Å². The summed E-state index contributed by atoms with van der Waals surface area (Å²) in [6, 6.07) is 16.5. The van der Waals surface area contributed by atoms with Gasteiger partial charge in [-0.2, -0.15) is 0 Å². The van der Waals surface area contributed by atoms with Crippen LogP contribution in [0.3, 0.4) is 0 Å². The van der Waals surface area contributed by atoms with Crippen molar-refractivity contribution >= 4 is 11.0 Å². The average Bonchev–Trinajstić information content (AvgIpc) is 3.19. The standard InChI is InChI=1S/C25H25N3O2/c1-17-4-2-3-5-21(17)23-15-27-25-22(23)12-20(14-26-25)18-6-7-19(24(29)13-18)16-28-8-10-30-11-9-28/h2-7,12-15,29H,8-11,16H2,1H3,(H,26,27). The molecular weight excluding hydrogens is 374 g/mol. The number of aromatic amines is 1. The normalized spacial score (nSPS) is 15.0. The van der Waals surface area contributed by atoms with Crippen molar-refractivity contribution in [3.63, 3.8) is 0 Å². The largest absolute Gasteiger partial charge is 0.508 e. The van der Waals surface area contributed by atoms with Crippen LogP contribution in [0.2, 0.25) is 0 Å². The summed E-state index contributed by atoms with van der Waals surface area (Å²) in [7, 11) is 0. The van der Waals surface area contributed by atoms with E-state index in [9.17, 15) is 5.11 Å². The maximum Gasteiger partial charge on any atom is 0.137 e. The minimum Gasteiger partial charge on any atom is -0.508 e. The Balaban J connectivity index is 1.48. The summed E-state index contributed by atoms with van der Waals surface area (Å²) < 4.78 is 5.41. The van der Waals surface area contributed by atoms with Gasteiger partial charge >= 0.3 is 0 Å². The SMILES string of the molecule is Cc1ccccc1-c1c[nH]c2ncc(-c3ccc(CN4CCOCC4)c(O)c3)cc12. The molecule has 1 aliphatic rings. The number of morpholine rings is 1. The molecule has 1 saturated heterocycles. The number of nitrogens with one attached hydrogen (secondary N) is 1. The Morgan fingerprint density at radius 2 is 1.87 bits per heavy atom. The molecule has 0 saturated carbocycles. The van der Waals surface area contributed by atoms with Gasteiger partial charge in [-0.1, -0.05) is 36.4 Å². The van der Waals surface area contributed by atoms with Crippen molar-refractivity contribution in [2.75, 3.05) is 26.3 Å². The second-order valence-corrected chi connectivity index (χ2v) is 7.87. The summed E-state index contributed by atoms with van der Waals surface area (Å²) in [6.07, 6.45) is 3.88. The zero-order valence-corrected chi connectivity index (χ0v) is 17.1. The molecule has 2 aromatic carbocycles.